The van der Waals surface area contributed by atoms with Crippen LogP contribution in [0.4, 0.5) is 5.13 Å². The number of Topliss-reactive ketones (excluding diaryl/α,β-unsaturated/α-hetero) is 1. The minimum Gasteiger partial charge on any atom is -0.505 e. The summed E-state index contributed by atoms with van der Waals surface area (Å²) in [7, 11) is 0. The molecule has 11 heteroatoms. The van der Waals surface area contributed by atoms with Crippen molar-refractivity contribution < 1.29 is 24.2 Å². The first-order valence-corrected chi connectivity index (χ1v) is 13.1. The number of fused-ring (bicyclic) bond motifs is 1. The number of imidazole rings is 1. The third-order valence-corrected chi connectivity index (χ3v) is 7.68. The van der Waals surface area contributed by atoms with E-state index < -0.39 is 23.7 Å². The number of anilines is 1. The van der Waals surface area contributed by atoms with E-state index >= 15 is 0 Å². The van der Waals surface area contributed by atoms with Gasteiger partial charge in [0.25, 0.3) is 5.78 Å². The maximum absolute atomic E-state index is 13.5. The van der Waals surface area contributed by atoms with Crippen molar-refractivity contribution in [2.24, 2.45) is 0 Å². The van der Waals surface area contributed by atoms with E-state index in [1.165, 1.54) is 11.0 Å². The number of benzene rings is 1. The minimum absolute atomic E-state index is 0.0206. The van der Waals surface area contributed by atoms with Gasteiger partial charge < -0.3 is 9.84 Å². The van der Waals surface area contributed by atoms with Gasteiger partial charge >= 0.3 is 11.9 Å². The Bertz CT molecular complexity index is 1670. The normalized spacial score (nSPS) is 16.8. The van der Waals surface area contributed by atoms with Crippen LogP contribution in [0.3, 0.4) is 0 Å². The second-order valence-corrected chi connectivity index (χ2v) is 10.4. The number of ether oxygens (including phenoxy) is 1. The van der Waals surface area contributed by atoms with Crippen LogP contribution in [-0.2, 0) is 14.3 Å². The molecular weight excluding hydrogens is 572 g/mol. The highest BCUT2D eigenvalue weighted by Gasteiger charge is 2.49. The van der Waals surface area contributed by atoms with Crippen LogP contribution < -0.4 is 4.90 Å². The number of ketones is 1. The van der Waals surface area contributed by atoms with Crippen LogP contribution in [0, 0.1) is 13.8 Å². The van der Waals surface area contributed by atoms with E-state index in [0.717, 1.165) is 15.8 Å². The number of aliphatic hydroxyl groups is 1. The smallest absolute Gasteiger partial charge is 0.350 e. The van der Waals surface area contributed by atoms with Crippen LogP contribution in [0.1, 0.15) is 38.4 Å². The Morgan fingerprint density at radius 1 is 1.18 bits per heavy atom. The molecule has 1 atom stereocenters. The molecule has 9 nitrogen and oxygen atoms in total. The minimum atomic E-state index is -1.01. The standard InChI is InChI=1S/C27H21BrN4O5S/c1-4-12-37-26(36)24-15(3)30-27(38-24)32-21(16-8-7-9-17(28)13-16)19(23(34)25(32)35)22(33)20-14(2)29-18-10-5-6-11-31(18)20/h4-11,13,21,33H,1,12H2,2-3H3/b22-19+. The molecule has 1 fully saturated rings. The Morgan fingerprint density at radius 2 is 1.97 bits per heavy atom. The molecule has 0 radical (unpaired) electrons. The molecule has 1 amide bonds. The van der Waals surface area contributed by atoms with E-state index in [2.05, 4.69) is 32.5 Å². The number of aliphatic hydroxyl groups excluding tert-OH is 1. The maximum Gasteiger partial charge on any atom is 0.350 e. The third kappa shape index (κ3) is 4.23. The Balaban J connectivity index is 1.72. The lowest BCUT2D eigenvalue weighted by atomic mass is 9.96. The van der Waals surface area contributed by atoms with Crippen LogP contribution >= 0.6 is 27.3 Å². The number of halogens is 1. The molecule has 1 aliphatic rings. The summed E-state index contributed by atoms with van der Waals surface area (Å²) in [4.78, 5) is 49.9. The van der Waals surface area contributed by atoms with Crippen molar-refractivity contribution in [1.29, 1.82) is 0 Å². The zero-order valence-electron chi connectivity index (χ0n) is 20.3. The highest BCUT2D eigenvalue weighted by molar-refractivity contribution is 9.10. The molecule has 1 saturated heterocycles. The van der Waals surface area contributed by atoms with Gasteiger partial charge in [-0.25, -0.2) is 14.8 Å². The monoisotopic (exact) mass is 592 g/mol. The number of carbonyl (C=O) groups is 3. The van der Waals surface area contributed by atoms with Crippen LogP contribution in [0.5, 0.6) is 0 Å². The van der Waals surface area contributed by atoms with Crippen molar-refractivity contribution in [2.45, 2.75) is 19.9 Å². The average Bonchev–Trinajstić information content (AvgIpc) is 3.52. The zero-order chi connectivity index (χ0) is 27.1. The van der Waals surface area contributed by atoms with Gasteiger partial charge in [0.2, 0.25) is 0 Å². The van der Waals surface area contributed by atoms with Gasteiger partial charge in [0.05, 0.1) is 23.0 Å². The molecule has 1 unspecified atom stereocenters. The summed E-state index contributed by atoms with van der Waals surface area (Å²) in [6.45, 7) is 6.90. The molecule has 4 aromatic rings. The maximum atomic E-state index is 13.5. The van der Waals surface area contributed by atoms with E-state index in [0.29, 0.717) is 28.3 Å². The van der Waals surface area contributed by atoms with E-state index in [1.807, 2.05) is 12.1 Å². The first-order valence-electron chi connectivity index (χ1n) is 11.5. The van der Waals surface area contributed by atoms with E-state index in [1.54, 1.807) is 54.8 Å². The SMILES string of the molecule is C=CCOC(=O)c1sc(N2C(=O)C(=O)/C(=C(/O)c3c(C)nc4ccccn34)C2c2cccc(Br)c2)nc1C. The fourth-order valence-electron chi connectivity index (χ4n) is 4.42. The van der Waals surface area contributed by atoms with Gasteiger partial charge in [0, 0.05) is 10.7 Å². The molecule has 3 aromatic heterocycles. The predicted molar refractivity (Wildman–Crippen MR) is 146 cm³/mol. The number of esters is 1. The third-order valence-electron chi connectivity index (χ3n) is 6.05. The highest BCUT2D eigenvalue weighted by Crippen LogP contribution is 2.44. The molecule has 1 N–H and O–H groups in total. The Morgan fingerprint density at radius 3 is 2.71 bits per heavy atom. The number of pyridine rings is 1. The fourth-order valence-corrected chi connectivity index (χ4v) is 5.83. The summed E-state index contributed by atoms with van der Waals surface area (Å²) in [6, 6.07) is 11.5. The van der Waals surface area contributed by atoms with Gasteiger partial charge in [-0.1, -0.05) is 58.1 Å². The number of aromatic nitrogens is 3. The highest BCUT2D eigenvalue weighted by atomic mass is 79.9. The van der Waals surface area contributed by atoms with Crippen molar-refractivity contribution >= 4 is 61.5 Å². The summed E-state index contributed by atoms with van der Waals surface area (Å²) >= 11 is 4.39. The number of rotatable bonds is 6. The lowest BCUT2D eigenvalue weighted by Gasteiger charge is -2.23. The second kappa shape index (κ2) is 9.99. The van der Waals surface area contributed by atoms with Gasteiger partial charge in [-0.15, -0.1) is 0 Å². The molecular formula is C27H21BrN4O5S. The number of thiazole rings is 1. The average molecular weight is 593 g/mol. The fraction of sp³-hybridized carbons (Fsp3) is 0.148. The molecule has 38 heavy (non-hydrogen) atoms. The van der Waals surface area contributed by atoms with Crippen molar-refractivity contribution in [3.8, 4) is 0 Å². The Labute approximate surface area is 229 Å². The predicted octanol–water partition coefficient (Wildman–Crippen LogP) is 5.14. The first-order chi connectivity index (χ1) is 18.2. The van der Waals surface area contributed by atoms with Gasteiger partial charge in [0.1, 0.15) is 22.8 Å². The Hall–Kier alpha value is -4.09. The summed E-state index contributed by atoms with van der Waals surface area (Å²) in [6.07, 6.45) is 3.17. The number of hydrogen-bond donors (Lipinski definition) is 1. The van der Waals surface area contributed by atoms with Crippen molar-refractivity contribution in [3.05, 3.63) is 98.9 Å². The molecule has 1 aliphatic heterocycles. The van der Waals surface area contributed by atoms with E-state index in [9.17, 15) is 19.5 Å². The molecule has 0 aliphatic carbocycles. The molecule has 0 saturated carbocycles. The van der Waals surface area contributed by atoms with Crippen LogP contribution in [-0.4, -0.2) is 43.7 Å². The van der Waals surface area contributed by atoms with E-state index in [4.69, 9.17) is 4.74 Å². The number of nitrogens with zero attached hydrogens (tertiary/aromatic N) is 4. The zero-order valence-corrected chi connectivity index (χ0v) is 22.7. The summed E-state index contributed by atoms with van der Waals surface area (Å²) in [5.74, 6) is -2.71. The molecule has 5 rings (SSSR count). The number of carbonyl (C=O) groups excluding carboxylic acids is 3. The van der Waals surface area contributed by atoms with Crippen molar-refractivity contribution in [3.63, 3.8) is 0 Å². The van der Waals surface area contributed by atoms with Gasteiger partial charge in [-0.2, -0.15) is 0 Å². The largest absolute Gasteiger partial charge is 0.505 e. The topological polar surface area (TPSA) is 114 Å². The molecule has 1 aromatic carbocycles. The van der Waals surface area contributed by atoms with Gasteiger partial charge in [-0.3, -0.25) is 18.9 Å². The van der Waals surface area contributed by atoms with Gasteiger partial charge in [-0.05, 0) is 43.7 Å². The van der Waals surface area contributed by atoms with Crippen molar-refractivity contribution in [2.75, 3.05) is 11.5 Å². The van der Waals surface area contributed by atoms with Crippen molar-refractivity contribution in [1.82, 2.24) is 14.4 Å². The summed E-state index contributed by atoms with van der Waals surface area (Å²) in [5, 5.41) is 11.7. The summed E-state index contributed by atoms with van der Waals surface area (Å²) < 4.78 is 7.53. The lowest BCUT2D eigenvalue weighted by Crippen LogP contribution is -2.29. The molecule has 0 bridgehead atoms. The lowest BCUT2D eigenvalue weighted by molar-refractivity contribution is -0.132. The van der Waals surface area contributed by atoms with Crippen LogP contribution in [0.15, 0.2) is 71.4 Å². The molecule has 192 valence electrons. The molecule has 4 heterocycles. The van der Waals surface area contributed by atoms with E-state index in [-0.39, 0.29) is 27.9 Å². The van der Waals surface area contributed by atoms with Crippen LogP contribution in [0.25, 0.3) is 11.4 Å². The first kappa shape index (κ1) is 25.6. The van der Waals surface area contributed by atoms with Gasteiger partial charge in [0.15, 0.2) is 10.9 Å². The summed E-state index contributed by atoms with van der Waals surface area (Å²) in [5.41, 5.74) is 2.19. The number of aryl methyl sites for hydroxylation is 2. The quantitative estimate of drug-likeness (QED) is 0.108. The Kier molecular flexibility index (Phi) is 6.72. The second-order valence-electron chi connectivity index (χ2n) is 8.50. The number of amides is 1. The van der Waals surface area contributed by atoms with Crippen LogP contribution in [0.2, 0.25) is 0 Å². The molecule has 0 spiro atoms. The number of hydrogen-bond acceptors (Lipinski definition) is 8.